The van der Waals surface area contributed by atoms with E-state index in [9.17, 15) is 32.3 Å². The fraction of sp³-hybridized carbons (Fsp3) is 0.478. The summed E-state index contributed by atoms with van der Waals surface area (Å²) in [5.41, 5.74) is 5.89. The molecule has 0 spiro atoms. The van der Waals surface area contributed by atoms with E-state index < -0.39 is 35.6 Å². The van der Waals surface area contributed by atoms with Gasteiger partial charge in [-0.25, -0.2) is 22.8 Å². The predicted octanol–water partition coefficient (Wildman–Crippen LogP) is 2.06. The third kappa shape index (κ3) is 8.26. The van der Waals surface area contributed by atoms with Gasteiger partial charge in [0.1, 0.15) is 12.1 Å². The van der Waals surface area contributed by atoms with Gasteiger partial charge in [0, 0.05) is 44.1 Å². The molecule has 0 bridgehead atoms. The third-order valence-electron chi connectivity index (χ3n) is 5.65. The van der Waals surface area contributed by atoms with Crippen molar-refractivity contribution in [1.82, 2.24) is 9.80 Å². The fourth-order valence-electron chi connectivity index (χ4n) is 4.10. The summed E-state index contributed by atoms with van der Waals surface area (Å²) in [6.45, 7) is 1.68. The van der Waals surface area contributed by atoms with Crippen LogP contribution in [0.4, 0.5) is 18.0 Å². The summed E-state index contributed by atoms with van der Waals surface area (Å²) in [6, 6.07) is 0.439. The van der Waals surface area contributed by atoms with Crippen LogP contribution in [0, 0.1) is 23.4 Å². The summed E-state index contributed by atoms with van der Waals surface area (Å²) in [6.07, 6.45) is 1.76. The van der Waals surface area contributed by atoms with Gasteiger partial charge in [0.2, 0.25) is 5.91 Å². The maximum atomic E-state index is 13.8. The SMILES string of the molecule is C.COC(=O)N1C[C@@H]2CCN(C(=O)C[C@H](N)Cc3cc(F)c(F)cc3F)[C@@H]2C1.O=CO/C=C/C(=O)O. The Kier molecular flexibility index (Phi) is 11.9. The highest BCUT2D eigenvalue weighted by atomic mass is 19.2. The van der Waals surface area contributed by atoms with E-state index in [1.54, 1.807) is 9.80 Å². The minimum absolute atomic E-state index is 0. The van der Waals surface area contributed by atoms with E-state index in [0.29, 0.717) is 31.8 Å². The number of rotatable bonds is 7. The van der Waals surface area contributed by atoms with Crippen molar-refractivity contribution < 1.29 is 46.9 Å². The molecule has 13 heteroatoms. The molecule has 0 aromatic heterocycles. The molecule has 3 rings (SSSR count). The van der Waals surface area contributed by atoms with Gasteiger partial charge >= 0.3 is 12.1 Å². The number of hydrogen-bond donors (Lipinski definition) is 2. The van der Waals surface area contributed by atoms with Gasteiger partial charge in [-0.05, 0) is 24.5 Å². The normalized spacial score (nSPS) is 19.0. The smallest absolute Gasteiger partial charge is 0.409 e. The molecule has 200 valence electrons. The number of aliphatic carboxylic acids is 1. The standard InChI is InChI=1S/C18H22F3N3O3.C4H4O4.CH4/c1-27-18(26)23-8-10-2-3-24(16(10)9-23)17(25)6-12(22)4-11-5-14(20)15(21)7-13(11)19;5-3-8-2-1-4(6)7;/h5,7,10,12,16H,2-4,6,8-9,22H2,1H3;1-3H,(H,6,7);1H4/b;2-1+;/t10-,12+,16+;;/m0../s1. The van der Waals surface area contributed by atoms with Gasteiger partial charge in [0.05, 0.1) is 19.2 Å². The number of halogens is 3. The Morgan fingerprint density at radius 2 is 1.86 bits per heavy atom. The van der Waals surface area contributed by atoms with Crippen LogP contribution in [-0.2, 0) is 30.3 Å². The van der Waals surface area contributed by atoms with Gasteiger partial charge in [-0.1, -0.05) is 7.43 Å². The van der Waals surface area contributed by atoms with Crippen molar-refractivity contribution >= 4 is 24.4 Å². The highest BCUT2D eigenvalue weighted by Gasteiger charge is 2.45. The summed E-state index contributed by atoms with van der Waals surface area (Å²) in [5, 5.41) is 7.86. The van der Waals surface area contributed by atoms with Gasteiger partial charge in [-0.2, -0.15) is 0 Å². The van der Waals surface area contributed by atoms with Crippen molar-refractivity contribution in [3.63, 3.8) is 0 Å². The van der Waals surface area contributed by atoms with E-state index in [4.69, 9.17) is 15.6 Å². The van der Waals surface area contributed by atoms with E-state index in [0.717, 1.165) is 18.7 Å². The minimum Gasteiger partial charge on any atom is -0.478 e. The molecule has 2 saturated heterocycles. The Balaban J connectivity index is 0.000000625. The van der Waals surface area contributed by atoms with Crippen LogP contribution < -0.4 is 5.73 Å². The molecule has 1 aromatic rings. The zero-order chi connectivity index (χ0) is 26.1. The molecule has 3 N–H and O–H groups in total. The van der Waals surface area contributed by atoms with Crippen molar-refractivity contribution in [2.45, 2.75) is 38.8 Å². The lowest BCUT2D eigenvalue weighted by atomic mass is 10.0. The minimum atomic E-state index is -1.26. The van der Waals surface area contributed by atoms with Gasteiger partial charge < -0.3 is 30.1 Å². The first-order valence-corrected chi connectivity index (χ1v) is 10.6. The molecule has 3 atom stereocenters. The average Bonchev–Trinajstić information content (AvgIpc) is 3.38. The van der Waals surface area contributed by atoms with E-state index in [1.807, 2.05) is 0 Å². The Bertz CT molecular complexity index is 977. The summed E-state index contributed by atoms with van der Waals surface area (Å²) in [7, 11) is 1.32. The number of nitrogens with two attached hydrogens (primary N) is 1. The number of methoxy groups -OCH3 is 1. The molecule has 2 heterocycles. The topological polar surface area (TPSA) is 139 Å². The van der Waals surface area contributed by atoms with E-state index in [-0.39, 0.29) is 50.2 Å². The maximum absolute atomic E-state index is 13.8. The first-order chi connectivity index (χ1) is 16.6. The molecule has 2 amide bonds. The number of hydrogen-bond acceptors (Lipinski definition) is 7. The second-order valence-electron chi connectivity index (χ2n) is 7.98. The molecule has 2 aliphatic heterocycles. The van der Waals surface area contributed by atoms with Crippen molar-refractivity contribution in [1.29, 1.82) is 0 Å². The van der Waals surface area contributed by atoms with Crippen LogP contribution in [0.25, 0.3) is 0 Å². The monoisotopic (exact) mass is 517 g/mol. The summed E-state index contributed by atoms with van der Waals surface area (Å²) in [5.74, 6) is -4.44. The second-order valence-corrected chi connectivity index (χ2v) is 7.98. The van der Waals surface area contributed by atoms with Gasteiger partial charge in [0.15, 0.2) is 11.6 Å². The quantitative estimate of drug-likeness (QED) is 0.243. The zero-order valence-electron chi connectivity index (χ0n) is 18.9. The molecule has 1 aromatic carbocycles. The number of fused-ring (bicyclic) bond motifs is 1. The van der Waals surface area contributed by atoms with Crippen molar-refractivity contribution in [2.75, 3.05) is 26.7 Å². The predicted molar refractivity (Wildman–Crippen MR) is 121 cm³/mol. The van der Waals surface area contributed by atoms with Crippen molar-refractivity contribution in [2.24, 2.45) is 11.7 Å². The Morgan fingerprint density at radius 1 is 1.19 bits per heavy atom. The van der Waals surface area contributed by atoms with E-state index in [1.165, 1.54) is 7.11 Å². The highest BCUT2D eigenvalue weighted by molar-refractivity contribution is 5.79. The number of amides is 2. The van der Waals surface area contributed by atoms with Gasteiger partial charge in [-0.3, -0.25) is 9.59 Å². The molecular weight excluding hydrogens is 487 g/mol. The number of ether oxygens (including phenoxy) is 2. The number of benzene rings is 1. The van der Waals surface area contributed by atoms with Crippen LogP contribution in [-0.4, -0.2) is 78.2 Å². The number of carbonyl (C=O) groups excluding carboxylic acids is 3. The van der Waals surface area contributed by atoms with E-state index in [2.05, 4.69) is 4.74 Å². The van der Waals surface area contributed by atoms with Crippen LogP contribution >= 0.6 is 0 Å². The number of carboxylic acids is 1. The Labute approximate surface area is 206 Å². The first kappa shape index (κ1) is 30.4. The lowest BCUT2D eigenvalue weighted by Crippen LogP contribution is -2.43. The Hall–Kier alpha value is -3.61. The lowest BCUT2D eigenvalue weighted by molar-refractivity contribution is -0.133. The van der Waals surface area contributed by atoms with Crippen LogP contribution in [0.3, 0.4) is 0 Å². The molecule has 0 radical (unpaired) electrons. The molecule has 0 saturated carbocycles. The molecular formula is C23H30F3N3O7. The number of likely N-dealkylation sites (tertiary alicyclic amines) is 2. The molecule has 2 aliphatic rings. The van der Waals surface area contributed by atoms with Crippen molar-refractivity contribution in [3.8, 4) is 0 Å². The summed E-state index contributed by atoms with van der Waals surface area (Å²) >= 11 is 0. The maximum Gasteiger partial charge on any atom is 0.409 e. The number of nitrogens with zero attached hydrogens (tertiary/aromatic N) is 2. The first-order valence-electron chi connectivity index (χ1n) is 10.6. The van der Waals surface area contributed by atoms with E-state index >= 15 is 0 Å². The van der Waals surface area contributed by atoms with Crippen LogP contribution in [0.5, 0.6) is 0 Å². The average molecular weight is 518 g/mol. The Morgan fingerprint density at radius 3 is 2.47 bits per heavy atom. The van der Waals surface area contributed by atoms with Gasteiger partial charge in [-0.15, -0.1) is 0 Å². The lowest BCUT2D eigenvalue weighted by Gasteiger charge is -2.26. The fourth-order valence-corrected chi connectivity index (χ4v) is 4.10. The molecule has 10 nitrogen and oxygen atoms in total. The van der Waals surface area contributed by atoms with Gasteiger partial charge in [0.25, 0.3) is 6.47 Å². The van der Waals surface area contributed by atoms with Crippen molar-refractivity contribution in [3.05, 3.63) is 47.5 Å². The van der Waals surface area contributed by atoms with Crippen LogP contribution in [0.15, 0.2) is 24.5 Å². The highest BCUT2D eigenvalue weighted by Crippen LogP contribution is 2.32. The van der Waals surface area contributed by atoms with Crippen LogP contribution in [0.2, 0.25) is 0 Å². The second kappa shape index (κ2) is 14.1. The van der Waals surface area contributed by atoms with Crippen LogP contribution in [0.1, 0.15) is 25.8 Å². The molecule has 2 fully saturated rings. The molecule has 0 aliphatic carbocycles. The molecule has 36 heavy (non-hydrogen) atoms. The number of carboxylic acid groups (broad SMARTS) is 1. The molecule has 0 unspecified atom stereocenters. The number of carbonyl (C=O) groups is 4. The third-order valence-corrected chi connectivity index (χ3v) is 5.65. The zero-order valence-corrected chi connectivity index (χ0v) is 18.9. The summed E-state index contributed by atoms with van der Waals surface area (Å²) in [4.78, 5) is 46.5. The summed E-state index contributed by atoms with van der Waals surface area (Å²) < 4.78 is 48.7. The largest absolute Gasteiger partial charge is 0.478 e.